The van der Waals surface area contributed by atoms with Crippen molar-refractivity contribution in [3.05, 3.63) is 65.2 Å². The van der Waals surface area contributed by atoms with Gasteiger partial charge in [-0.05, 0) is 74.4 Å². The Morgan fingerprint density at radius 2 is 1.73 bits per heavy atom. The van der Waals surface area contributed by atoms with Crippen LogP contribution in [0, 0.1) is 0 Å². The Bertz CT molecular complexity index is 1110. The molecule has 1 amide bonds. The van der Waals surface area contributed by atoms with Gasteiger partial charge in [-0.25, -0.2) is 4.79 Å². The number of nitrogens with zero attached hydrogens (tertiary/aromatic N) is 3. The molecule has 2 aromatic rings. The summed E-state index contributed by atoms with van der Waals surface area (Å²) in [4.78, 5) is 19.1. The summed E-state index contributed by atoms with van der Waals surface area (Å²) in [5.74, 6) is 0. The predicted molar refractivity (Wildman–Crippen MR) is 152 cm³/mol. The molecule has 37 heavy (non-hydrogen) atoms. The van der Waals surface area contributed by atoms with Crippen LogP contribution in [0.5, 0.6) is 0 Å². The summed E-state index contributed by atoms with van der Waals surface area (Å²) in [6, 6.07) is 18.4. The summed E-state index contributed by atoms with van der Waals surface area (Å²) >= 11 is 0. The van der Waals surface area contributed by atoms with Gasteiger partial charge in [0, 0.05) is 64.1 Å². The van der Waals surface area contributed by atoms with Crippen molar-refractivity contribution in [3.63, 3.8) is 0 Å². The van der Waals surface area contributed by atoms with Crippen LogP contribution in [0.25, 0.3) is 11.6 Å². The van der Waals surface area contributed by atoms with E-state index in [0.717, 1.165) is 58.8 Å². The molecule has 1 N–H and O–H groups in total. The van der Waals surface area contributed by atoms with Crippen molar-refractivity contribution >= 4 is 23.4 Å². The van der Waals surface area contributed by atoms with Gasteiger partial charge < -0.3 is 19.9 Å². The highest BCUT2D eigenvalue weighted by Gasteiger charge is 2.26. The summed E-state index contributed by atoms with van der Waals surface area (Å²) in [7, 11) is 0. The number of piperidine rings is 1. The minimum absolute atomic E-state index is 0.187. The van der Waals surface area contributed by atoms with E-state index in [-0.39, 0.29) is 6.09 Å². The molecule has 6 heteroatoms. The highest BCUT2D eigenvalue weighted by molar-refractivity contribution is 5.89. The van der Waals surface area contributed by atoms with Crippen LogP contribution in [0.3, 0.4) is 0 Å². The molecule has 2 aromatic carbocycles. The summed E-state index contributed by atoms with van der Waals surface area (Å²) in [5, 5.41) is 3.79. The fourth-order valence-corrected chi connectivity index (χ4v) is 5.62. The topological polar surface area (TPSA) is 48.1 Å². The second-order valence-corrected chi connectivity index (χ2v) is 11.6. The number of carbonyl (C=O) groups is 1. The normalized spacial score (nSPS) is 19.1. The van der Waals surface area contributed by atoms with Gasteiger partial charge >= 0.3 is 6.09 Å². The van der Waals surface area contributed by atoms with E-state index in [1.54, 1.807) is 0 Å². The maximum absolute atomic E-state index is 12.3. The number of carbonyl (C=O) groups excluding carboxylic acids is 1. The molecule has 0 spiro atoms. The highest BCUT2D eigenvalue weighted by atomic mass is 16.6. The van der Waals surface area contributed by atoms with Crippen molar-refractivity contribution in [1.82, 2.24) is 15.1 Å². The number of amides is 1. The molecule has 198 valence electrons. The minimum atomic E-state index is -0.434. The van der Waals surface area contributed by atoms with Crippen LogP contribution in [0.15, 0.2) is 48.5 Å². The number of rotatable bonds is 6. The van der Waals surface area contributed by atoms with Gasteiger partial charge in [0.15, 0.2) is 0 Å². The largest absolute Gasteiger partial charge is 0.444 e. The van der Waals surface area contributed by atoms with Crippen molar-refractivity contribution in [3.8, 4) is 0 Å². The Hall–Kier alpha value is -2.83. The number of hydrogen-bond acceptors (Lipinski definition) is 5. The van der Waals surface area contributed by atoms with Crippen LogP contribution in [0.4, 0.5) is 10.5 Å². The number of nitrogens with one attached hydrogen (secondary N) is 1. The third kappa shape index (κ3) is 6.74. The van der Waals surface area contributed by atoms with Crippen LogP contribution in [0.2, 0.25) is 0 Å². The number of hydrogen-bond donors (Lipinski definition) is 1. The van der Waals surface area contributed by atoms with E-state index in [9.17, 15) is 4.79 Å². The van der Waals surface area contributed by atoms with Gasteiger partial charge in [-0.3, -0.25) is 4.90 Å². The SMILES string of the molecule is CC(C)(C)OC(=O)N1CCN(CCNC2CCN(c3cccc(C4=Cc5ccccc5C4)c3)CC2)CC1. The zero-order chi connectivity index (χ0) is 25.8. The molecule has 6 nitrogen and oxygen atoms in total. The summed E-state index contributed by atoms with van der Waals surface area (Å²) in [5.41, 5.74) is 6.47. The number of piperazine rings is 1. The molecule has 0 atom stereocenters. The first-order chi connectivity index (χ1) is 17.8. The molecule has 0 radical (unpaired) electrons. The van der Waals surface area contributed by atoms with Crippen LogP contribution < -0.4 is 10.2 Å². The molecule has 3 aliphatic rings. The summed E-state index contributed by atoms with van der Waals surface area (Å²) < 4.78 is 5.51. The maximum atomic E-state index is 12.3. The van der Waals surface area contributed by atoms with Crippen LogP contribution in [0.1, 0.15) is 50.3 Å². The lowest BCUT2D eigenvalue weighted by Crippen LogP contribution is -2.52. The number of anilines is 1. The average Bonchev–Trinajstić information content (AvgIpc) is 3.33. The first-order valence-corrected chi connectivity index (χ1v) is 13.9. The molecule has 0 aromatic heterocycles. The molecule has 5 rings (SSSR count). The average molecular weight is 503 g/mol. The van der Waals surface area contributed by atoms with Crippen LogP contribution >= 0.6 is 0 Å². The van der Waals surface area contributed by atoms with E-state index in [1.807, 2.05) is 25.7 Å². The molecule has 0 unspecified atom stereocenters. The Labute approximate surface area is 222 Å². The molecule has 0 saturated carbocycles. The lowest BCUT2D eigenvalue weighted by atomic mass is 10.0. The standard InChI is InChI=1S/C31H42N4O2/c1-31(2,3)37-30(36)35-19-17-33(18-20-35)16-13-32-28-11-14-34(15-12-28)29-10-6-9-26(23-29)27-21-24-7-4-5-8-25(24)22-27/h4-10,21,23,28,32H,11-20,22H2,1-3H3. The molecule has 2 aliphatic heterocycles. The number of fused-ring (bicyclic) bond motifs is 1. The first kappa shape index (κ1) is 25.8. The second-order valence-electron chi connectivity index (χ2n) is 11.6. The lowest BCUT2D eigenvalue weighted by molar-refractivity contribution is 0.0146. The molecule has 2 fully saturated rings. The van der Waals surface area contributed by atoms with E-state index in [1.165, 1.54) is 40.8 Å². The van der Waals surface area contributed by atoms with Crippen molar-refractivity contribution in [2.75, 3.05) is 57.3 Å². The molecule has 1 aliphatic carbocycles. The molecular formula is C31H42N4O2. The Morgan fingerprint density at radius 3 is 2.46 bits per heavy atom. The Balaban J connectivity index is 1.03. The van der Waals surface area contributed by atoms with Gasteiger partial charge in [0.2, 0.25) is 0 Å². The van der Waals surface area contributed by atoms with Crippen LogP contribution in [-0.4, -0.2) is 79.9 Å². The third-order valence-corrected chi connectivity index (χ3v) is 7.73. The zero-order valence-corrected chi connectivity index (χ0v) is 22.7. The van der Waals surface area contributed by atoms with E-state index in [4.69, 9.17) is 4.74 Å². The van der Waals surface area contributed by atoms with E-state index in [0.29, 0.717) is 6.04 Å². The lowest BCUT2D eigenvalue weighted by Gasteiger charge is -2.37. The molecular weight excluding hydrogens is 460 g/mol. The first-order valence-electron chi connectivity index (χ1n) is 13.9. The predicted octanol–water partition coefficient (Wildman–Crippen LogP) is 4.89. The third-order valence-electron chi connectivity index (χ3n) is 7.73. The van der Waals surface area contributed by atoms with Crippen LogP contribution in [-0.2, 0) is 11.2 Å². The molecule has 2 saturated heterocycles. The van der Waals surface area contributed by atoms with Gasteiger partial charge in [-0.2, -0.15) is 0 Å². The number of allylic oxidation sites excluding steroid dienone is 1. The van der Waals surface area contributed by atoms with Crippen molar-refractivity contribution < 1.29 is 9.53 Å². The number of ether oxygens (including phenoxy) is 1. The van der Waals surface area contributed by atoms with Gasteiger partial charge in [0.05, 0.1) is 0 Å². The highest BCUT2D eigenvalue weighted by Crippen LogP contribution is 2.33. The van der Waals surface area contributed by atoms with Gasteiger partial charge in [-0.1, -0.05) is 42.5 Å². The van der Waals surface area contributed by atoms with E-state index < -0.39 is 5.60 Å². The minimum Gasteiger partial charge on any atom is -0.444 e. The van der Waals surface area contributed by atoms with Gasteiger partial charge in [0.1, 0.15) is 5.60 Å². The van der Waals surface area contributed by atoms with Crippen molar-refractivity contribution in [1.29, 1.82) is 0 Å². The fraction of sp³-hybridized carbons (Fsp3) is 0.516. The summed E-state index contributed by atoms with van der Waals surface area (Å²) in [6.45, 7) is 13.3. The maximum Gasteiger partial charge on any atom is 0.410 e. The van der Waals surface area contributed by atoms with Gasteiger partial charge in [-0.15, -0.1) is 0 Å². The molecule has 0 bridgehead atoms. The fourth-order valence-electron chi connectivity index (χ4n) is 5.62. The quantitative estimate of drug-likeness (QED) is 0.609. The van der Waals surface area contributed by atoms with E-state index >= 15 is 0 Å². The zero-order valence-electron chi connectivity index (χ0n) is 22.7. The smallest absolute Gasteiger partial charge is 0.410 e. The molecule has 2 heterocycles. The number of benzene rings is 2. The Kier molecular flexibility index (Phi) is 7.87. The van der Waals surface area contributed by atoms with Gasteiger partial charge in [0.25, 0.3) is 0 Å². The summed E-state index contributed by atoms with van der Waals surface area (Å²) in [6.07, 6.45) is 5.53. The van der Waals surface area contributed by atoms with Crippen molar-refractivity contribution in [2.24, 2.45) is 0 Å². The Morgan fingerprint density at radius 1 is 0.973 bits per heavy atom. The second kappa shape index (κ2) is 11.3. The monoisotopic (exact) mass is 502 g/mol. The van der Waals surface area contributed by atoms with Crippen molar-refractivity contribution in [2.45, 2.75) is 51.7 Å². The van der Waals surface area contributed by atoms with E-state index in [2.05, 4.69) is 69.7 Å².